The number of rotatable bonds is 6. The predicted octanol–water partition coefficient (Wildman–Crippen LogP) is 5.01. The van der Waals surface area contributed by atoms with E-state index in [0.29, 0.717) is 29.5 Å². The molecule has 1 fully saturated rings. The van der Waals surface area contributed by atoms with Crippen LogP contribution in [0.4, 0.5) is 4.79 Å². The Balaban J connectivity index is 1.44. The largest absolute Gasteiger partial charge is 0.413 e. The van der Waals surface area contributed by atoms with Crippen LogP contribution in [0.15, 0.2) is 35.0 Å². The van der Waals surface area contributed by atoms with E-state index in [1.807, 2.05) is 22.8 Å². The van der Waals surface area contributed by atoms with Crippen LogP contribution in [-0.4, -0.2) is 31.6 Å². The minimum atomic E-state index is -0.339. The lowest BCUT2D eigenvalue weighted by Crippen LogP contribution is -2.35. The summed E-state index contributed by atoms with van der Waals surface area (Å²) in [6, 6.07) is 8.59. The molecule has 25 heavy (non-hydrogen) atoms. The standard InChI is InChI=1S/C19H26N2O2S2/c1-21(2)18(16-5-3-11-24-16)15-9-7-14(8-10-15)13-20-19(22)23-17-6-4-12-25-17/h3-6,11-12,14-15,18H,7-10,13H2,1-2H3,(H,20,22). The van der Waals surface area contributed by atoms with Crippen LogP contribution >= 0.6 is 22.7 Å². The first-order valence-corrected chi connectivity index (χ1v) is 10.6. The fourth-order valence-electron chi connectivity index (χ4n) is 3.75. The molecule has 2 heterocycles. The Morgan fingerprint density at radius 3 is 2.52 bits per heavy atom. The molecule has 1 N–H and O–H groups in total. The van der Waals surface area contributed by atoms with E-state index in [1.54, 1.807) is 6.07 Å². The van der Waals surface area contributed by atoms with Crippen LogP contribution in [0.3, 0.4) is 0 Å². The summed E-state index contributed by atoms with van der Waals surface area (Å²) in [6.45, 7) is 0.711. The van der Waals surface area contributed by atoms with Crippen molar-refractivity contribution in [1.29, 1.82) is 0 Å². The zero-order valence-corrected chi connectivity index (χ0v) is 16.4. The molecule has 1 saturated carbocycles. The van der Waals surface area contributed by atoms with Crippen molar-refractivity contribution in [3.63, 3.8) is 0 Å². The van der Waals surface area contributed by atoms with Gasteiger partial charge in [-0.05, 0) is 80.6 Å². The van der Waals surface area contributed by atoms with E-state index in [1.165, 1.54) is 41.9 Å². The maximum atomic E-state index is 11.8. The van der Waals surface area contributed by atoms with Gasteiger partial charge in [0, 0.05) is 17.5 Å². The number of ether oxygens (including phenoxy) is 1. The maximum absolute atomic E-state index is 11.8. The molecule has 6 heteroatoms. The molecule has 4 nitrogen and oxygen atoms in total. The van der Waals surface area contributed by atoms with Gasteiger partial charge >= 0.3 is 6.09 Å². The number of nitrogens with one attached hydrogen (secondary N) is 1. The van der Waals surface area contributed by atoms with Crippen LogP contribution in [0.5, 0.6) is 5.06 Å². The molecule has 2 aromatic rings. The van der Waals surface area contributed by atoms with E-state index >= 15 is 0 Å². The number of amides is 1. The van der Waals surface area contributed by atoms with Crippen molar-refractivity contribution in [2.45, 2.75) is 31.7 Å². The van der Waals surface area contributed by atoms with Crippen molar-refractivity contribution in [3.8, 4) is 5.06 Å². The molecule has 3 rings (SSSR count). The van der Waals surface area contributed by atoms with Crippen LogP contribution < -0.4 is 10.1 Å². The number of thiophene rings is 2. The maximum Gasteiger partial charge on any atom is 0.413 e. The van der Waals surface area contributed by atoms with Gasteiger partial charge in [-0.2, -0.15) is 0 Å². The number of nitrogens with zero attached hydrogens (tertiary/aromatic N) is 1. The summed E-state index contributed by atoms with van der Waals surface area (Å²) in [6.07, 6.45) is 4.42. The van der Waals surface area contributed by atoms with Gasteiger partial charge in [-0.1, -0.05) is 6.07 Å². The normalized spacial score (nSPS) is 21.9. The molecule has 0 spiro atoms. The zero-order chi connectivity index (χ0) is 17.6. The van der Waals surface area contributed by atoms with Crippen molar-refractivity contribution >= 4 is 28.8 Å². The highest BCUT2D eigenvalue weighted by Gasteiger charge is 2.30. The molecule has 136 valence electrons. The minimum absolute atomic E-state index is 0.339. The van der Waals surface area contributed by atoms with Crippen molar-refractivity contribution in [2.75, 3.05) is 20.6 Å². The molecule has 2 aromatic heterocycles. The van der Waals surface area contributed by atoms with Crippen molar-refractivity contribution in [1.82, 2.24) is 10.2 Å². The Morgan fingerprint density at radius 2 is 1.92 bits per heavy atom. The van der Waals surface area contributed by atoms with Crippen LogP contribution in [-0.2, 0) is 0 Å². The average Bonchev–Trinajstić information content (AvgIpc) is 3.28. The first-order chi connectivity index (χ1) is 12.1. The van der Waals surface area contributed by atoms with E-state index in [4.69, 9.17) is 4.74 Å². The number of hydrogen-bond acceptors (Lipinski definition) is 5. The lowest BCUT2D eigenvalue weighted by molar-refractivity contribution is 0.149. The smallest absolute Gasteiger partial charge is 0.399 e. The summed E-state index contributed by atoms with van der Waals surface area (Å²) in [7, 11) is 4.36. The van der Waals surface area contributed by atoms with Gasteiger partial charge in [0.1, 0.15) is 0 Å². The minimum Gasteiger partial charge on any atom is -0.399 e. The highest BCUT2D eigenvalue weighted by molar-refractivity contribution is 7.11. The van der Waals surface area contributed by atoms with Gasteiger partial charge in [-0.15, -0.1) is 22.7 Å². The van der Waals surface area contributed by atoms with Gasteiger partial charge in [0.15, 0.2) is 5.06 Å². The summed E-state index contributed by atoms with van der Waals surface area (Å²) in [4.78, 5) is 15.7. The van der Waals surface area contributed by atoms with Gasteiger partial charge in [-0.25, -0.2) is 4.79 Å². The molecular weight excluding hydrogens is 352 g/mol. The van der Waals surface area contributed by atoms with E-state index in [9.17, 15) is 4.79 Å². The highest BCUT2D eigenvalue weighted by atomic mass is 32.1. The van der Waals surface area contributed by atoms with Crippen molar-refractivity contribution in [3.05, 3.63) is 39.9 Å². The highest BCUT2D eigenvalue weighted by Crippen LogP contribution is 2.40. The molecule has 1 aliphatic rings. The number of carbonyl (C=O) groups is 1. The van der Waals surface area contributed by atoms with Gasteiger partial charge < -0.3 is 15.0 Å². The third-order valence-electron chi connectivity index (χ3n) is 4.95. The van der Waals surface area contributed by atoms with Gasteiger partial charge in [0.25, 0.3) is 0 Å². The van der Waals surface area contributed by atoms with Crippen LogP contribution in [0, 0.1) is 11.8 Å². The van der Waals surface area contributed by atoms with Crippen molar-refractivity contribution < 1.29 is 9.53 Å². The molecule has 0 aromatic carbocycles. The first kappa shape index (κ1) is 18.4. The Bertz CT molecular complexity index is 632. The molecular formula is C19H26N2O2S2. The summed E-state index contributed by atoms with van der Waals surface area (Å²) in [5.74, 6) is 1.25. The predicted molar refractivity (Wildman–Crippen MR) is 105 cm³/mol. The SMILES string of the molecule is CN(C)C(c1cccs1)C1CCC(CNC(=O)Oc2cccs2)CC1. The molecule has 0 radical (unpaired) electrons. The second-order valence-electron chi connectivity index (χ2n) is 6.91. The van der Waals surface area contributed by atoms with Crippen LogP contribution in [0.1, 0.15) is 36.6 Å². The van der Waals surface area contributed by atoms with Gasteiger partial charge in [0.05, 0.1) is 0 Å². The Morgan fingerprint density at radius 1 is 1.20 bits per heavy atom. The van der Waals surface area contributed by atoms with Gasteiger partial charge in [-0.3, -0.25) is 0 Å². The molecule has 0 saturated heterocycles. The van der Waals surface area contributed by atoms with E-state index < -0.39 is 0 Å². The summed E-state index contributed by atoms with van der Waals surface area (Å²) < 4.78 is 5.25. The van der Waals surface area contributed by atoms with E-state index in [-0.39, 0.29) is 6.09 Å². The molecule has 0 bridgehead atoms. The van der Waals surface area contributed by atoms with E-state index in [0.717, 1.165) is 0 Å². The number of carbonyl (C=O) groups excluding carboxylic acids is 1. The lowest BCUT2D eigenvalue weighted by Gasteiger charge is -2.36. The topological polar surface area (TPSA) is 41.6 Å². The lowest BCUT2D eigenvalue weighted by atomic mass is 9.77. The van der Waals surface area contributed by atoms with Crippen LogP contribution in [0.2, 0.25) is 0 Å². The van der Waals surface area contributed by atoms with E-state index in [2.05, 4.69) is 41.8 Å². The molecule has 1 amide bonds. The molecule has 0 aliphatic heterocycles. The quantitative estimate of drug-likeness (QED) is 0.768. The second-order valence-corrected chi connectivity index (χ2v) is 8.80. The molecule has 1 unspecified atom stereocenters. The summed E-state index contributed by atoms with van der Waals surface area (Å²) in [5, 5.41) is 7.64. The third kappa shape index (κ3) is 5.06. The summed E-state index contributed by atoms with van der Waals surface area (Å²) >= 11 is 3.29. The fraction of sp³-hybridized carbons (Fsp3) is 0.526. The zero-order valence-electron chi connectivity index (χ0n) is 14.8. The summed E-state index contributed by atoms with van der Waals surface area (Å²) in [5.41, 5.74) is 0. The second kappa shape index (κ2) is 8.83. The average molecular weight is 379 g/mol. The van der Waals surface area contributed by atoms with Gasteiger partial charge in [0.2, 0.25) is 0 Å². The molecule has 1 atom stereocenters. The fourth-order valence-corrected chi connectivity index (χ4v) is 5.34. The Kier molecular flexibility index (Phi) is 6.51. The Labute approximate surface area is 157 Å². The van der Waals surface area contributed by atoms with Crippen LogP contribution in [0.25, 0.3) is 0 Å². The first-order valence-electron chi connectivity index (χ1n) is 8.82. The monoisotopic (exact) mass is 378 g/mol. The third-order valence-corrected chi connectivity index (χ3v) is 6.64. The van der Waals surface area contributed by atoms with Crippen molar-refractivity contribution in [2.24, 2.45) is 11.8 Å². The Hall–Kier alpha value is -1.37. The molecule has 1 aliphatic carbocycles. The number of hydrogen-bond donors (Lipinski definition) is 1.